The molecule has 1 aromatic heterocycles. The molecule has 0 amide bonds. The van der Waals surface area contributed by atoms with Gasteiger partial charge in [-0.15, -0.1) is 11.3 Å². The summed E-state index contributed by atoms with van der Waals surface area (Å²) in [6.45, 7) is 4.97. The number of rotatable bonds is 7. The van der Waals surface area contributed by atoms with Crippen molar-refractivity contribution in [2.45, 2.75) is 84.0 Å². The normalized spacial score (nSPS) is 25.5. The second-order valence-corrected chi connectivity index (χ2v) is 11.7. The van der Waals surface area contributed by atoms with E-state index >= 15 is 4.39 Å². The van der Waals surface area contributed by atoms with Crippen LogP contribution >= 0.6 is 11.3 Å². The molecule has 0 atom stereocenters. The minimum absolute atomic E-state index is 0.0783. The third kappa shape index (κ3) is 5.20. The Kier molecular flexibility index (Phi) is 7.58. The molecule has 0 spiro atoms. The molecule has 0 N–H and O–H groups in total. The van der Waals surface area contributed by atoms with Crippen molar-refractivity contribution in [3.8, 4) is 16.2 Å². The maximum Gasteiger partial charge on any atom is 0.132 e. The summed E-state index contributed by atoms with van der Waals surface area (Å²) in [7, 11) is 0. The van der Waals surface area contributed by atoms with E-state index in [-0.39, 0.29) is 5.82 Å². The van der Waals surface area contributed by atoms with E-state index in [0.29, 0.717) is 12.5 Å². The summed E-state index contributed by atoms with van der Waals surface area (Å²) in [6, 6.07) is 14.3. The van der Waals surface area contributed by atoms with Crippen molar-refractivity contribution in [2.75, 3.05) is 6.61 Å². The van der Waals surface area contributed by atoms with E-state index in [4.69, 9.17) is 4.74 Å². The first-order valence-corrected chi connectivity index (χ1v) is 14.4. The predicted molar refractivity (Wildman–Crippen MR) is 143 cm³/mol. The van der Waals surface area contributed by atoms with Crippen LogP contribution in [0.2, 0.25) is 0 Å². The highest BCUT2D eigenvalue weighted by atomic mass is 32.1. The number of fused-ring (bicyclic) bond motifs is 1. The van der Waals surface area contributed by atoms with Gasteiger partial charge in [-0.3, -0.25) is 0 Å². The first-order valence-electron chi connectivity index (χ1n) is 13.6. The van der Waals surface area contributed by atoms with Gasteiger partial charge in [0.2, 0.25) is 0 Å². The Morgan fingerprint density at radius 2 is 1.59 bits per heavy atom. The van der Waals surface area contributed by atoms with Crippen LogP contribution in [0.3, 0.4) is 0 Å². The van der Waals surface area contributed by atoms with Gasteiger partial charge in [-0.2, -0.15) is 0 Å². The Labute approximate surface area is 208 Å². The van der Waals surface area contributed by atoms with Gasteiger partial charge in [-0.25, -0.2) is 4.39 Å². The molecule has 0 saturated heterocycles. The number of ether oxygens (including phenoxy) is 1. The van der Waals surface area contributed by atoms with E-state index < -0.39 is 0 Å². The van der Waals surface area contributed by atoms with Gasteiger partial charge in [0.25, 0.3) is 0 Å². The number of thiophene rings is 1. The zero-order valence-corrected chi connectivity index (χ0v) is 21.6. The lowest BCUT2D eigenvalue weighted by Gasteiger charge is -2.38. The van der Waals surface area contributed by atoms with Crippen molar-refractivity contribution in [1.29, 1.82) is 0 Å². The predicted octanol–water partition coefficient (Wildman–Crippen LogP) is 9.99. The molecular weight excluding hydrogens is 439 g/mol. The van der Waals surface area contributed by atoms with Gasteiger partial charge < -0.3 is 4.74 Å². The van der Waals surface area contributed by atoms with E-state index in [2.05, 4.69) is 31.2 Å². The number of benzene rings is 2. The molecule has 0 unspecified atom stereocenters. The molecule has 2 saturated carbocycles. The number of halogens is 1. The molecule has 0 bridgehead atoms. The zero-order chi connectivity index (χ0) is 23.5. The second-order valence-electron chi connectivity index (χ2n) is 10.7. The topological polar surface area (TPSA) is 9.23 Å². The Hall–Kier alpha value is -1.87. The van der Waals surface area contributed by atoms with Crippen LogP contribution in [0.25, 0.3) is 20.5 Å². The fourth-order valence-corrected chi connectivity index (χ4v) is 7.78. The second kappa shape index (κ2) is 10.8. The average molecular weight is 479 g/mol. The molecule has 3 heteroatoms. The molecular formula is C31H39FOS. The van der Waals surface area contributed by atoms with Gasteiger partial charge in [0.1, 0.15) is 11.6 Å². The summed E-state index contributed by atoms with van der Waals surface area (Å²) in [5.41, 5.74) is 1.92. The van der Waals surface area contributed by atoms with E-state index in [1.54, 1.807) is 11.3 Å². The summed E-state index contributed by atoms with van der Waals surface area (Å²) >= 11 is 1.65. The van der Waals surface area contributed by atoms with Gasteiger partial charge in [0.05, 0.1) is 6.61 Å². The smallest absolute Gasteiger partial charge is 0.132 e. The monoisotopic (exact) mass is 478 g/mol. The fraction of sp³-hybridized carbons (Fsp3) is 0.548. The maximum absolute atomic E-state index is 15.3. The van der Waals surface area contributed by atoms with Crippen molar-refractivity contribution in [1.82, 2.24) is 0 Å². The lowest BCUT2D eigenvalue weighted by Crippen LogP contribution is -2.25. The van der Waals surface area contributed by atoms with Crippen LogP contribution in [0.4, 0.5) is 4.39 Å². The van der Waals surface area contributed by atoms with Crippen molar-refractivity contribution in [3.05, 3.63) is 53.8 Å². The summed E-state index contributed by atoms with van der Waals surface area (Å²) < 4.78 is 22.0. The molecule has 34 heavy (non-hydrogen) atoms. The van der Waals surface area contributed by atoms with Crippen LogP contribution in [0.1, 0.15) is 89.5 Å². The Balaban J connectivity index is 1.22. The average Bonchev–Trinajstić information content (AvgIpc) is 3.28. The third-order valence-corrected chi connectivity index (χ3v) is 9.69. The molecule has 2 aliphatic rings. The number of hydrogen-bond acceptors (Lipinski definition) is 2. The first kappa shape index (κ1) is 23.9. The highest BCUT2D eigenvalue weighted by Crippen LogP contribution is 2.45. The van der Waals surface area contributed by atoms with Gasteiger partial charge in [0.15, 0.2) is 0 Å². The van der Waals surface area contributed by atoms with Crippen LogP contribution < -0.4 is 4.74 Å². The standard InChI is InChI=1S/C31H39FOS/c1-3-5-21-6-8-22(9-7-21)23-10-12-24(13-11-23)25-15-17-28(29(32)18-25)31-19-26-14-16-27(33-4-2)20-30(26)34-31/h14-24H,3-13H2,1-2H3. The van der Waals surface area contributed by atoms with Crippen LogP contribution in [0, 0.1) is 23.6 Å². The SMILES string of the molecule is CCCC1CCC(C2CCC(c3ccc(-c4cc5ccc(OCC)cc5s4)c(F)c3)CC2)CC1. The van der Waals surface area contributed by atoms with E-state index in [9.17, 15) is 0 Å². The van der Waals surface area contributed by atoms with E-state index in [0.717, 1.165) is 44.0 Å². The third-order valence-electron chi connectivity index (χ3n) is 8.56. The lowest BCUT2D eigenvalue weighted by atomic mass is 9.68. The zero-order valence-electron chi connectivity index (χ0n) is 20.8. The van der Waals surface area contributed by atoms with Crippen LogP contribution in [0.15, 0.2) is 42.5 Å². The van der Waals surface area contributed by atoms with Gasteiger partial charge in [0, 0.05) is 15.1 Å². The van der Waals surface area contributed by atoms with E-state index in [1.165, 1.54) is 69.8 Å². The lowest BCUT2D eigenvalue weighted by molar-refractivity contribution is 0.156. The van der Waals surface area contributed by atoms with Gasteiger partial charge in [-0.1, -0.05) is 44.7 Å². The Bertz CT molecular complexity index is 1090. The molecule has 2 aromatic carbocycles. The van der Waals surface area contributed by atoms with Crippen LogP contribution in [-0.2, 0) is 0 Å². The molecule has 3 aromatic rings. The van der Waals surface area contributed by atoms with Crippen molar-refractivity contribution < 1.29 is 9.13 Å². The van der Waals surface area contributed by atoms with Gasteiger partial charge in [-0.05, 0) is 110 Å². The minimum atomic E-state index is -0.0783. The first-order chi connectivity index (χ1) is 16.6. The molecule has 182 valence electrons. The van der Waals surface area contributed by atoms with Crippen molar-refractivity contribution in [3.63, 3.8) is 0 Å². The largest absolute Gasteiger partial charge is 0.494 e. The molecule has 1 heterocycles. The Morgan fingerprint density at radius 1 is 0.853 bits per heavy atom. The molecule has 5 rings (SSSR count). The van der Waals surface area contributed by atoms with Crippen LogP contribution in [-0.4, -0.2) is 6.61 Å². The van der Waals surface area contributed by atoms with E-state index in [1.807, 2.05) is 25.1 Å². The molecule has 1 nitrogen and oxygen atoms in total. The summed E-state index contributed by atoms with van der Waals surface area (Å²) in [4.78, 5) is 0.995. The quantitative estimate of drug-likeness (QED) is 0.328. The molecule has 2 fully saturated rings. The highest BCUT2D eigenvalue weighted by molar-refractivity contribution is 7.22. The molecule has 0 aliphatic heterocycles. The summed E-state index contributed by atoms with van der Waals surface area (Å²) in [6.07, 6.45) is 13.7. The van der Waals surface area contributed by atoms with Crippen LogP contribution in [0.5, 0.6) is 5.75 Å². The van der Waals surface area contributed by atoms with Gasteiger partial charge >= 0.3 is 0 Å². The Morgan fingerprint density at radius 3 is 2.26 bits per heavy atom. The molecule has 2 aliphatic carbocycles. The van der Waals surface area contributed by atoms with Crippen molar-refractivity contribution in [2.24, 2.45) is 17.8 Å². The van der Waals surface area contributed by atoms with Crippen molar-refractivity contribution >= 4 is 21.4 Å². The number of hydrogen-bond donors (Lipinski definition) is 0. The molecule has 0 radical (unpaired) electrons. The summed E-state index contributed by atoms with van der Waals surface area (Å²) in [5, 5.41) is 1.15. The summed E-state index contributed by atoms with van der Waals surface area (Å²) in [5.74, 6) is 4.17. The maximum atomic E-state index is 15.3. The highest BCUT2D eigenvalue weighted by Gasteiger charge is 2.31. The fourth-order valence-electron chi connectivity index (χ4n) is 6.67. The minimum Gasteiger partial charge on any atom is -0.494 e.